The number of carbonyl (C=O) groups is 2. The Bertz CT molecular complexity index is 1070. The molecule has 0 aromatic heterocycles. The van der Waals surface area contributed by atoms with Crippen LogP contribution in [0, 0.1) is 17.7 Å². The summed E-state index contributed by atoms with van der Waals surface area (Å²) < 4.78 is 46.6. The Labute approximate surface area is 181 Å². The van der Waals surface area contributed by atoms with E-state index in [1.165, 1.54) is 13.2 Å². The van der Waals surface area contributed by atoms with Gasteiger partial charge in [-0.05, 0) is 32.0 Å². The SMILES string of the molecule is COc1ccc(F)cc1S(=O)(=O)N1C[C@@H](C(=O)NC(C)C)[C@H](C(=O)c2ccccc2)C1. The quantitative estimate of drug-likeness (QED) is 0.657. The normalized spacial score (nSPS) is 19.4. The molecule has 1 heterocycles. The van der Waals surface area contributed by atoms with E-state index in [0.717, 1.165) is 16.4 Å². The van der Waals surface area contributed by atoms with Gasteiger partial charge in [-0.2, -0.15) is 4.31 Å². The highest BCUT2D eigenvalue weighted by atomic mass is 32.2. The molecule has 2 aromatic rings. The minimum Gasteiger partial charge on any atom is -0.495 e. The van der Waals surface area contributed by atoms with E-state index in [4.69, 9.17) is 4.74 Å². The number of hydrogen-bond acceptors (Lipinski definition) is 5. The van der Waals surface area contributed by atoms with Gasteiger partial charge in [-0.25, -0.2) is 12.8 Å². The fraction of sp³-hybridized carbons (Fsp3) is 0.364. The lowest BCUT2D eigenvalue weighted by atomic mass is 9.87. The van der Waals surface area contributed by atoms with E-state index < -0.39 is 33.6 Å². The number of sulfonamides is 1. The lowest BCUT2D eigenvalue weighted by Crippen LogP contribution is -2.40. The second kappa shape index (κ2) is 9.15. The predicted molar refractivity (Wildman–Crippen MR) is 113 cm³/mol. The van der Waals surface area contributed by atoms with E-state index in [1.54, 1.807) is 44.2 Å². The van der Waals surface area contributed by atoms with E-state index in [1.807, 2.05) is 0 Å². The van der Waals surface area contributed by atoms with E-state index >= 15 is 0 Å². The number of rotatable bonds is 7. The topological polar surface area (TPSA) is 92.8 Å². The van der Waals surface area contributed by atoms with Crippen LogP contribution in [0.1, 0.15) is 24.2 Å². The Morgan fingerprint density at radius 2 is 1.74 bits per heavy atom. The van der Waals surface area contributed by atoms with Crippen molar-refractivity contribution in [3.05, 3.63) is 59.9 Å². The molecule has 1 aliphatic heterocycles. The molecule has 9 heteroatoms. The van der Waals surface area contributed by atoms with E-state index in [-0.39, 0.29) is 35.6 Å². The molecule has 0 unspecified atom stereocenters. The Kier molecular flexibility index (Phi) is 6.76. The molecule has 31 heavy (non-hydrogen) atoms. The number of benzene rings is 2. The summed E-state index contributed by atoms with van der Waals surface area (Å²) in [5, 5.41) is 2.77. The van der Waals surface area contributed by atoms with Crippen LogP contribution in [0.3, 0.4) is 0 Å². The monoisotopic (exact) mass is 448 g/mol. The van der Waals surface area contributed by atoms with Gasteiger partial charge in [-0.3, -0.25) is 9.59 Å². The second-order valence-corrected chi connectivity index (χ2v) is 9.63. The predicted octanol–water partition coefficient (Wildman–Crippen LogP) is 2.48. The minimum absolute atomic E-state index is 0.0117. The maximum atomic E-state index is 13.8. The molecule has 2 atom stereocenters. The van der Waals surface area contributed by atoms with Crippen LogP contribution in [0.5, 0.6) is 5.75 Å². The van der Waals surface area contributed by atoms with Crippen LogP contribution in [-0.2, 0) is 14.8 Å². The van der Waals surface area contributed by atoms with Gasteiger partial charge in [0.05, 0.1) is 13.0 Å². The second-order valence-electron chi connectivity index (χ2n) is 7.72. The maximum absolute atomic E-state index is 13.8. The molecule has 3 rings (SSSR count). The van der Waals surface area contributed by atoms with Gasteiger partial charge in [0.2, 0.25) is 15.9 Å². The number of halogens is 1. The molecular weight excluding hydrogens is 423 g/mol. The van der Waals surface area contributed by atoms with Crippen molar-refractivity contribution in [2.24, 2.45) is 11.8 Å². The average Bonchev–Trinajstić information content (AvgIpc) is 3.20. The average molecular weight is 449 g/mol. The summed E-state index contributed by atoms with van der Waals surface area (Å²) in [6.45, 7) is 3.19. The largest absolute Gasteiger partial charge is 0.495 e. The Morgan fingerprint density at radius 3 is 2.35 bits per heavy atom. The van der Waals surface area contributed by atoms with Gasteiger partial charge in [-0.1, -0.05) is 30.3 Å². The van der Waals surface area contributed by atoms with Crippen LogP contribution in [0.15, 0.2) is 53.4 Å². The highest BCUT2D eigenvalue weighted by molar-refractivity contribution is 7.89. The first kappa shape index (κ1) is 22.9. The number of ketones is 1. The molecule has 1 amide bonds. The summed E-state index contributed by atoms with van der Waals surface area (Å²) in [5.74, 6) is -3.19. The molecular formula is C22H25FN2O5S. The van der Waals surface area contributed by atoms with Gasteiger partial charge in [0, 0.05) is 30.6 Å². The minimum atomic E-state index is -4.21. The fourth-order valence-corrected chi connectivity index (χ4v) is 5.35. The van der Waals surface area contributed by atoms with Crippen LogP contribution < -0.4 is 10.1 Å². The number of carbonyl (C=O) groups excluding carboxylic acids is 2. The summed E-state index contributed by atoms with van der Waals surface area (Å²) in [7, 11) is -2.92. The zero-order valence-corrected chi connectivity index (χ0v) is 18.4. The molecule has 0 spiro atoms. The van der Waals surface area contributed by atoms with E-state index in [9.17, 15) is 22.4 Å². The van der Waals surface area contributed by atoms with Crippen LogP contribution in [-0.4, -0.2) is 50.7 Å². The van der Waals surface area contributed by atoms with Crippen LogP contribution in [0.25, 0.3) is 0 Å². The van der Waals surface area contributed by atoms with Crippen molar-refractivity contribution >= 4 is 21.7 Å². The van der Waals surface area contributed by atoms with Gasteiger partial charge in [0.15, 0.2) is 5.78 Å². The van der Waals surface area contributed by atoms with Crippen molar-refractivity contribution in [3.63, 3.8) is 0 Å². The molecule has 1 fully saturated rings. The van der Waals surface area contributed by atoms with Crippen LogP contribution in [0.2, 0.25) is 0 Å². The lowest BCUT2D eigenvalue weighted by molar-refractivity contribution is -0.125. The molecule has 2 aromatic carbocycles. The summed E-state index contributed by atoms with van der Waals surface area (Å²) in [5.41, 5.74) is 0.400. The third-order valence-electron chi connectivity index (χ3n) is 5.19. The first-order valence-corrected chi connectivity index (χ1v) is 11.3. The smallest absolute Gasteiger partial charge is 0.246 e. The van der Waals surface area contributed by atoms with Crippen molar-refractivity contribution in [2.45, 2.75) is 24.8 Å². The first-order valence-electron chi connectivity index (χ1n) is 9.88. The number of methoxy groups -OCH3 is 1. The molecule has 1 saturated heterocycles. The summed E-state index contributed by atoms with van der Waals surface area (Å²) in [6, 6.07) is 11.5. The molecule has 0 saturated carbocycles. The fourth-order valence-electron chi connectivity index (χ4n) is 3.69. The third-order valence-corrected chi connectivity index (χ3v) is 7.05. The molecule has 0 radical (unpaired) electrons. The molecule has 1 N–H and O–H groups in total. The molecule has 7 nitrogen and oxygen atoms in total. The van der Waals surface area contributed by atoms with Crippen molar-refractivity contribution < 1.29 is 27.1 Å². The van der Waals surface area contributed by atoms with E-state index in [0.29, 0.717) is 5.56 Å². The summed E-state index contributed by atoms with van der Waals surface area (Å²) >= 11 is 0. The molecule has 166 valence electrons. The first-order chi connectivity index (χ1) is 14.6. The van der Waals surface area contributed by atoms with Crippen LogP contribution in [0.4, 0.5) is 4.39 Å². The zero-order valence-electron chi connectivity index (χ0n) is 17.5. The summed E-state index contributed by atoms with van der Waals surface area (Å²) in [6.07, 6.45) is 0. The number of Topliss-reactive ketones (excluding diaryl/α,β-unsaturated/α-hetero) is 1. The van der Waals surface area contributed by atoms with Gasteiger partial charge < -0.3 is 10.1 Å². The summed E-state index contributed by atoms with van der Waals surface area (Å²) in [4.78, 5) is 25.6. The number of amides is 1. The van der Waals surface area contributed by atoms with Crippen molar-refractivity contribution in [1.82, 2.24) is 9.62 Å². The molecule has 1 aliphatic rings. The van der Waals surface area contributed by atoms with Crippen molar-refractivity contribution in [1.29, 1.82) is 0 Å². The number of nitrogens with zero attached hydrogens (tertiary/aromatic N) is 1. The maximum Gasteiger partial charge on any atom is 0.246 e. The molecule has 0 bridgehead atoms. The van der Waals surface area contributed by atoms with Gasteiger partial charge in [0.25, 0.3) is 0 Å². The third kappa shape index (κ3) is 4.77. The highest BCUT2D eigenvalue weighted by Crippen LogP contribution is 2.34. The van der Waals surface area contributed by atoms with Crippen LogP contribution >= 0.6 is 0 Å². The number of hydrogen-bond donors (Lipinski definition) is 1. The highest BCUT2D eigenvalue weighted by Gasteiger charge is 2.46. The van der Waals surface area contributed by atoms with Crippen molar-refractivity contribution in [3.8, 4) is 5.75 Å². The molecule has 0 aliphatic carbocycles. The number of ether oxygens (including phenoxy) is 1. The Balaban J connectivity index is 1.99. The van der Waals surface area contributed by atoms with Gasteiger partial charge >= 0.3 is 0 Å². The zero-order chi connectivity index (χ0) is 22.8. The van der Waals surface area contributed by atoms with Gasteiger partial charge in [0.1, 0.15) is 16.5 Å². The van der Waals surface area contributed by atoms with Crippen molar-refractivity contribution in [2.75, 3.05) is 20.2 Å². The standard InChI is InChI=1S/C22H25FN2O5S/c1-14(2)24-22(27)18-13-25(12-17(18)21(26)15-7-5-4-6-8-15)31(28,29)20-11-16(23)9-10-19(20)30-3/h4-11,14,17-18H,12-13H2,1-3H3,(H,24,27)/t17-,18-/m1/s1. The Morgan fingerprint density at radius 1 is 1.10 bits per heavy atom. The van der Waals surface area contributed by atoms with Gasteiger partial charge in [-0.15, -0.1) is 0 Å². The van der Waals surface area contributed by atoms with E-state index in [2.05, 4.69) is 5.32 Å². The Hall–Kier alpha value is -2.78. The lowest BCUT2D eigenvalue weighted by Gasteiger charge is -2.19. The number of nitrogens with one attached hydrogen (secondary N) is 1.